The lowest BCUT2D eigenvalue weighted by Crippen LogP contribution is -2.62. The first kappa shape index (κ1) is 73.3. The molecule has 3 aromatic rings. The van der Waals surface area contributed by atoms with E-state index in [4.69, 9.17) is 46.0 Å². The van der Waals surface area contributed by atoms with Crippen LogP contribution in [0.15, 0.2) is 72.9 Å². The average molecular weight is 1260 g/mol. The zero-order chi connectivity index (χ0) is 66.0. The third-order valence-electron chi connectivity index (χ3n) is 15.0. The monoisotopic (exact) mass is 1260 g/mol. The van der Waals surface area contributed by atoms with E-state index in [0.29, 0.717) is 28.3 Å². The first-order valence-electron chi connectivity index (χ1n) is 29.7. The van der Waals surface area contributed by atoms with E-state index >= 15 is 0 Å². The molecule has 22 N–H and O–H groups in total. The second-order valence-corrected chi connectivity index (χ2v) is 22.3. The molecule has 488 valence electrons. The number of aromatic nitrogens is 1. The SMILES string of the molecule is CCC(NC(=O)C1(CCN)CN1C(=O)c1ccnc(-c2cccc(Cl)c2)c1)C(=O)NC(CN)C(=O)NC(CCNC(=O)CC(C)O)C(=O)NC(CCN)C(=O)NC(Cc1ccccc1)C(=O)NC(C(=O)NC(CCN)C(=O)NC(CCN)C(N)=O)C(C)CC. The van der Waals surface area contributed by atoms with Gasteiger partial charge in [-0.05, 0) is 107 Å². The summed E-state index contributed by atoms with van der Waals surface area (Å²) in [6, 6.07) is 7.57. The Kier molecular flexibility index (Phi) is 29.9. The number of halogens is 1. The van der Waals surface area contributed by atoms with Crippen molar-refractivity contribution < 1.29 is 57.8 Å². The minimum absolute atomic E-state index is 0.00490. The topological polar surface area (TPSA) is 488 Å². The highest BCUT2D eigenvalue weighted by Crippen LogP contribution is 2.38. The number of nitrogens with one attached hydrogen (secondary N) is 9. The predicted molar refractivity (Wildman–Crippen MR) is 331 cm³/mol. The smallest absolute Gasteiger partial charge is 0.255 e. The van der Waals surface area contributed by atoms with Crippen LogP contribution < -0.4 is 82.3 Å². The highest BCUT2D eigenvalue weighted by molar-refractivity contribution is 6.30. The third kappa shape index (κ3) is 22.1. The summed E-state index contributed by atoms with van der Waals surface area (Å²) in [7, 11) is 0. The molecule has 0 aliphatic carbocycles. The van der Waals surface area contributed by atoms with Gasteiger partial charge in [0.25, 0.3) is 5.91 Å². The summed E-state index contributed by atoms with van der Waals surface area (Å²) in [5.41, 5.74) is 35.3. The van der Waals surface area contributed by atoms with Crippen LogP contribution in [0.2, 0.25) is 5.02 Å². The lowest BCUT2D eigenvalue weighted by atomic mass is 9.96. The first-order valence-corrected chi connectivity index (χ1v) is 30.0. The van der Waals surface area contributed by atoms with Crippen LogP contribution in [0.4, 0.5) is 0 Å². The van der Waals surface area contributed by atoms with Gasteiger partial charge in [-0.3, -0.25) is 57.7 Å². The molecule has 1 aliphatic heterocycles. The molecule has 2 aromatic carbocycles. The van der Waals surface area contributed by atoms with E-state index in [1.54, 1.807) is 81.4 Å². The number of pyridine rings is 1. The van der Waals surface area contributed by atoms with Crippen LogP contribution >= 0.6 is 11.6 Å². The normalized spacial score (nSPS) is 16.8. The number of carbonyl (C=O) groups excluding carboxylic acids is 11. The predicted octanol–water partition coefficient (Wildman–Crippen LogP) is -3.71. The van der Waals surface area contributed by atoms with E-state index in [-0.39, 0.29) is 96.2 Å². The third-order valence-corrected chi connectivity index (χ3v) is 15.2. The number of aliphatic hydroxyl groups is 1. The average Bonchev–Trinajstić information content (AvgIpc) is 1.60. The number of hydrogen-bond donors (Lipinski definition) is 16. The van der Waals surface area contributed by atoms with E-state index in [1.807, 2.05) is 0 Å². The fourth-order valence-electron chi connectivity index (χ4n) is 9.58. The van der Waals surface area contributed by atoms with Gasteiger partial charge in [0, 0.05) is 41.9 Å². The van der Waals surface area contributed by atoms with Crippen LogP contribution in [-0.2, 0) is 54.4 Å². The largest absolute Gasteiger partial charge is 0.393 e. The molecule has 11 atom stereocenters. The molecule has 1 fully saturated rings. The number of amides is 11. The van der Waals surface area contributed by atoms with E-state index in [1.165, 1.54) is 24.1 Å². The van der Waals surface area contributed by atoms with Gasteiger partial charge in [0.1, 0.15) is 53.9 Å². The van der Waals surface area contributed by atoms with Crippen molar-refractivity contribution in [2.75, 3.05) is 45.8 Å². The minimum Gasteiger partial charge on any atom is -0.393 e. The van der Waals surface area contributed by atoms with Gasteiger partial charge in [-0.1, -0.05) is 81.3 Å². The maximum absolute atomic E-state index is 14.5. The van der Waals surface area contributed by atoms with Gasteiger partial charge in [-0.25, -0.2) is 0 Å². The molecular formula is C59H88ClN17O12. The molecule has 30 heteroatoms. The Hall–Kier alpha value is -8.19. The van der Waals surface area contributed by atoms with Gasteiger partial charge < -0.3 is 92.3 Å². The maximum Gasteiger partial charge on any atom is 0.255 e. The highest BCUT2D eigenvalue weighted by atomic mass is 35.5. The summed E-state index contributed by atoms with van der Waals surface area (Å²) in [5.74, 6) is -9.25. The van der Waals surface area contributed by atoms with Gasteiger partial charge in [0.15, 0.2) is 0 Å². The number of carbonyl (C=O) groups is 11. The molecule has 1 aliphatic rings. The van der Waals surface area contributed by atoms with Crippen molar-refractivity contribution in [3.8, 4) is 11.3 Å². The molecule has 1 aromatic heterocycles. The lowest BCUT2D eigenvalue weighted by molar-refractivity contribution is -0.136. The van der Waals surface area contributed by atoms with Crippen molar-refractivity contribution in [3.05, 3.63) is 89.1 Å². The Morgan fingerprint density at radius 3 is 1.70 bits per heavy atom. The van der Waals surface area contributed by atoms with Crippen molar-refractivity contribution in [2.24, 2.45) is 40.3 Å². The summed E-state index contributed by atoms with van der Waals surface area (Å²) in [6.45, 7) is 5.43. The van der Waals surface area contributed by atoms with Crippen LogP contribution in [0.1, 0.15) is 95.0 Å². The number of benzene rings is 2. The molecule has 1 saturated heterocycles. The Morgan fingerprint density at radius 2 is 1.15 bits per heavy atom. The number of nitrogens with zero attached hydrogens (tertiary/aromatic N) is 2. The molecule has 2 heterocycles. The molecule has 0 saturated carbocycles. The maximum atomic E-state index is 14.5. The number of rotatable bonds is 38. The number of aliphatic hydroxyl groups excluding tert-OH is 1. The van der Waals surface area contributed by atoms with Crippen LogP contribution in [-0.4, -0.2) is 186 Å². The van der Waals surface area contributed by atoms with Crippen molar-refractivity contribution in [1.82, 2.24) is 57.7 Å². The van der Waals surface area contributed by atoms with Crippen molar-refractivity contribution in [1.29, 1.82) is 0 Å². The van der Waals surface area contributed by atoms with Crippen LogP contribution in [0.3, 0.4) is 0 Å². The fourth-order valence-corrected chi connectivity index (χ4v) is 9.77. The van der Waals surface area contributed by atoms with Crippen molar-refractivity contribution in [3.63, 3.8) is 0 Å². The fraction of sp³-hybridized carbons (Fsp3) is 0.525. The van der Waals surface area contributed by atoms with Crippen LogP contribution in [0, 0.1) is 5.92 Å². The standard InChI is InChI=1S/C59H88ClN17O12/c1-5-33(3)48(56(87)72-42(17-23-63)51(82)69-40(15-21-61)49(66)80)76-54(85)45(28-35-11-8-7-9-12-35)73-52(83)41(16-22-62)70-53(84)43(19-26-68-47(79)27-34(4)78)71-55(86)46(31-65)74-50(81)39(6-2)75-58(89)59(20-24-64)32-77(59)57(88)37-18-25-67-44(30-37)36-13-10-14-38(60)29-36/h7-14,18,25,29-30,33-34,39-43,45-46,48,78H,5-6,15-17,19-24,26-28,31-32,61-65H2,1-4H3,(H2,66,80)(H,68,79)(H,69,82)(H,70,84)(H,71,86)(H,72,87)(H,73,83)(H,74,81)(H,75,89)(H,76,85). The summed E-state index contributed by atoms with van der Waals surface area (Å²) in [5, 5.41) is 33.7. The molecule has 0 radical (unpaired) electrons. The Balaban J connectivity index is 1.54. The van der Waals surface area contributed by atoms with E-state index in [2.05, 4.69) is 52.8 Å². The highest BCUT2D eigenvalue weighted by Gasteiger charge is 2.60. The van der Waals surface area contributed by atoms with Gasteiger partial charge in [0.05, 0.1) is 24.8 Å². The Labute approximate surface area is 522 Å². The van der Waals surface area contributed by atoms with Gasteiger partial charge in [-0.2, -0.15) is 0 Å². The summed E-state index contributed by atoms with van der Waals surface area (Å²) < 4.78 is 0. The quantitative estimate of drug-likeness (QED) is 0.0245. The number of primary amides is 1. The van der Waals surface area contributed by atoms with Gasteiger partial charge in [-0.15, -0.1) is 0 Å². The molecule has 4 rings (SSSR count). The van der Waals surface area contributed by atoms with Crippen LogP contribution in [0.5, 0.6) is 0 Å². The molecule has 11 unspecified atom stereocenters. The first-order chi connectivity index (χ1) is 42.4. The lowest BCUT2D eigenvalue weighted by Gasteiger charge is -2.29. The molecule has 89 heavy (non-hydrogen) atoms. The Bertz CT molecular complexity index is 2930. The minimum atomic E-state index is -1.56. The Morgan fingerprint density at radius 1 is 0.607 bits per heavy atom. The second-order valence-electron chi connectivity index (χ2n) is 21.8. The van der Waals surface area contributed by atoms with E-state index in [0.717, 1.165) is 0 Å². The van der Waals surface area contributed by atoms with E-state index < -0.39 is 137 Å². The zero-order valence-corrected chi connectivity index (χ0v) is 51.4. The molecule has 0 spiro atoms. The molecular weight excluding hydrogens is 1170 g/mol. The van der Waals surface area contributed by atoms with Gasteiger partial charge >= 0.3 is 0 Å². The molecule has 0 bridgehead atoms. The zero-order valence-electron chi connectivity index (χ0n) is 50.7. The van der Waals surface area contributed by atoms with Gasteiger partial charge in [0.2, 0.25) is 59.1 Å². The van der Waals surface area contributed by atoms with Crippen molar-refractivity contribution >= 4 is 76.6 Å². The number of hydrogen-bond acceptors (Lipinski definition) is 18. The van der Waals surface area contributed by atoms with Crippen molar-refractivity contribution in [2.45, 2.75) is 145 Å². The summed E-state index contributed by atoms with van der Waals surface area (Å²) in [4.78, 5) is 157. The van der Waals surface area contributed by atoms with E-state index in [9.17, 15) is 57.8 Å². The molecule has 11 amide bonds. The van der Waals surface area contributed by atoms with Crippen LogP contribution in [0.25, 0.3) is 11.3 Å². The summed E-state index contributed by atoms with van der Waals surface area (Å²) >= 11 is 6.19. The molecule has 29 nitrogen and oxygen atoms in total. The number of nitrogens with two attached hydrogens (primary N) is 6. The summed E-state index contributed by atoms with van der Waals surface area (Å²) in [6.07, 6.45) is -0.146. The second kappa shape index (κ2) is 36.3.